The lowest BCUT2D eigenvalue weighted by Gasteiger charge is -2.10. The number of nitrogens with two attached hydrogens (primary N) is 1. The Morgan fingerprint density at radius 1 is 1.19 bits per heavy atom. The van der Waals surface area contributed by atoms with Crippen molar-refractivity contribution in [3.8, 4) is 0 Å². The Kier molecular flexibility index (Phi) is 2.62. The van der Waals surface area contributed by atoms with Gasteiger partial charge in [-0.2, -0.15) is 0 Å². The van der Waals surface area contributed by atoms with Crippen LogP contribution in [0.25, 0.3) is 16.3 Å². The summed E-state index contributed by atoms with van der Waals surface area (Å²) in [6, 6.07) is 12.1. The van der Waals surface area contributed by atoms with E-state index in [0.29, 0.717) is 5.57 Å². The molecule has 0 saturated heterocycles. The summed E-state index contributed by atoms with van der Waals surface area (Å²) in [4.78, 5) is 11.2. The monoisotopic (exact) mass is 227 g/mol. The lowest BCUT2D eigenvalue weighted by Crippen LogP contribution is -2.18. The van der Waals surface area contributed by atoms with E-state index in [4.69, 9.17) is 5.73 Å². The number of fused-ring (bicyclic) bond motifs is 1. The predicted octanol–water partition coefficient (Wildman–Crippen LogP) is 0.329. The van der Waals surface area contributed by atoms with E-state index in [0.717, 1.165) is 31.8 Å². The van der Waals surface area contributed by atoms with E-state index in [-0.39, 0.29) is 0 Å². The maximum atomic E-state index is 11.2. The van der Waals surface area contributed by atoms with E-state index in [2.05, 4.69) is 12.6 Å². The van der Waals surface area contributed by atoms with E-state index in [1.165, 1.54) is 0 Å². The van der Waals surface area contributed by atoms with Crippen molar-refractivity contribution in [1.82, 2.24) is 0 Å². The van der Waals surface area contributed by atoms with E-state index < -0.39 is 5.91 Å². The summed E-state index contributed by atoms with van der Waals surface area (Å²) in [5.74, 6) is -0.451. The standard InChI is InChI=1S/C13H13NOSi/c1-8(13(14)15)12-10-5-3-2-4-9(10)6-7-11(12)16/h2-7H,1H2,16H3,(H2,14,15). The number of benzene rings is 2. The number of hydrogen-bond donors (Lipinski definition) is 1. The molecular weight excluding hydrogens is 214 g/mol. The van der Waals surface area contributed by atoms with E-state index in [1.807, 2.05) is 30.3 Å². The van der Waals surface area contributed by atoms with Crippen LogP contribution in [0.5, 0.6) is 0 Å². The molecule has 0 aliphatic rings. The van der Waals surface area contributed by atoms with Gasteiger partial charge in [0.15, 0.2) is 0 Å². The number of amides is 1. The molecule has 0 bridgehead atoms. The van der Waals surface area contributed by atoms with Crippen LogP contribution >= 0.6 is 0 Å². The summed E-state index contributed by atoms with van der Waals surface area (Å²) in [6.45, 7) is 3.78. The molecule has 0 aromatic heterocycles. The summed E-state index contributed by atoms with van der Waals surface area (Å²) in [5, 5.41) is 3.32. The van der Waals surface area contributed by atoms with Crippen LogP contribution in [0.15, 0.2) is 43.0 Å². The molecule has 0 saturated carbocycles. The first-order valence-corrected chi connectivity index (χ1v) is 6.08. The Balaban J connectivity index is 2.80. The van der Waals surface area contributed by atoms with E-state index >= 15 is 0 Å². The predicted molar refractivity (Wildman–Crippen MR) is 71.7 cm³/mol. The van der Waals surface area contributed by atoms with Crippen LogP contribution in [-0.4, -0.2) is 16.1 Å². The summed E-state index contributed by atoms with van der Waals surface area (Å²) in [5.41, 5.74) is 6.62. The summed E-state index contributed by atoms with van der Waals surface area (Å²) in [7, 11) is 0.870. The second-order valence-corrected chi connectivity index (χ2v) is 4.90. The van der Waals surface area contributed by atoms with Crippen LogP contribution in [0.1, 0.15) is 5.56 Å². The molecule has 0 atom stereocenters. The van der Waals surface area contributed by atoms with Crippen molar-refractivity contribution in [2.45, 2.75) is 0 Å². The molecule has 3 heteroatoms. The Morgan fingerprint density at radius 3 is 2.56 bits per heavy atom. The first kappa shape index (κ1) is 10.6. The average molecular weight is 227 g/mol. The van der Waals surface area contributed by atoms with Gasteiger partial charge in [-0.05, 0) is 16.3 Å². The highest BCUT2D eigenvalue weighted by molar-refractivity contribution is 6.39. The first-order chi connectivity index (χ1) is 7.61. The molecule has 80 valence electrons. The largest absolute Gasteiger partial charge is 0.366 e. The summed E-state index contributed by atoms with van der Waals surface area (Å²) in [6.07, 6.45) is 0. The summed E-state index contributed by atoms with van der Waals surface area (Å²) < 4.78 is 0. The minimum absolute atomic E-state index is 0.404. The van der Waals surface area contributed by atoms with Gasteiger partial charge in [0.05, 0.1) is 0 Å². The summed E-state index contributed by atoms with van der Waals surface area (Å²) >= 11 is 0. The molecule has 0 unspecified atom stereocenters. The Hall–Kier alpha value is -1.87. The Bertz CT molecular complexity index is 590. The van der Waals surface area contributed by atoms with Crippen molar-refractivity contribution in [2.24, 2.45) is 5.73 Å². The third-order valence-corrected chi connectivity index (χ3v) is 3.57. The second-order valence-electron chi connectivity index (χ2n) is 3.82. The lowest BCUT2D eigenvalue weighted by atomic mass is 9.99. The van der Waals surface area contributed by atoms with Crippen LogP contribution in [0.4, 0.5) is 0 Å². The molecule has 0 aliphatic heterocycles. The molecule has 2 nitrogen and oxygen atoms in total. The molecule has 1 amide bonds. The average Bonchev–Trinajstić information content (AvgIpc) is 2.28. The highest BCUT2D eigenvalue weighted by Crippen LogP contribution is 2.21. The molecule has 16 heavy (non-hydrogen) atoms. The molecule has 0 spiro atoms. The fourth-order valence-corrected chi connectivity index (χ4v) is 2.64. The van der Waals surface area contributed by atoms with Gasteiger partial charge < -0.3 is 5.73 Å². The number of rotatable bonds is 2. The highest BCUT2D eigenvalue weighted by atomic mass is 28.1. The number of primary amides is 1. The minimum Gasteiger partial charge on any atom is -0.366 e. The molecule has 2 aromatic carbocycles. The van der Waals surface area contributed by atoms with Crippen LogP contribution < -0.4 is 10.9 Å². The molecule has 0 radical (unpaired) electrons. The van der Waals surface area contributed by atoms with Gasteiger partial charge in [-0.25, -0.2) is 0 Å². The van der Waals surface area contributed by atoms with Crippen LogP contribution in [0.3, 0.4) is 0 Å². The highest BCUT2D eigenvalue weighted by Gasteiger charge is 2.11. The van der Waals surface area contributed by atoms with Crippen LogP contribution in [0.2, 0.25) is 0 Å². The van der Waals surface area contributed by atoms with Gasteiger partial charge in [-0.15, -0.1) is 0 Å². The number of carbonyl (C=O) groups is 1. The fourth-order valence-electron chi connectivity index (χ4n) is 1.90. The number of hydrogen-bond acceptors (Lipinski definition) is 1. The van der Waals surface area contributed by atoms with Crippen LogP contribution in [0, 0.1) is 0 Å². The van der Waals surface area contributed by atoms with E-state index in [1.54, 1.807) is 0 Å². The van der Waals surface area contributed by atoms with Gasteiger partial charge in [-0.1, -0.05) is 48.2 Å². The molecule has 0 aliphatic carbocycles. The fraction of sp³-hybridized carbons (Fsp3) is 0. The van der Waals surface area contributed by atoms with Gasteiger partial charge in [0.2, 0.25) is 5.91 Å². The Labute approximate surface area is 97.2 Å². The maximum absolute atomic E-state index is 11.2. The Morgan fingerprint density at radius 2 is 1.88 bits per heavy atom. The number of carbonyl (C=O) groups excluding carboxylic acids is 1. The SMILES string of the molecule is C=C(C(N)=O)c1c([SiH3])ccc2ccccc12. The quantitative estimate of drug-likeness (QED) is 0.583. The third kappa shape index (κ3) is 1.65. The topological polar surface area (TPSA) is 43.1 Å². The van der Waals surface area contributed by atoms with Crippen molar-refractivity contribution in [3.05, 3.63) is 48.5 Å². The zero-order valence-electron chi connectivity index (χ0n) is 9.16. The normalized spacial score (nSPS) is 10.5. The van der Waals surface area contributed by atoms with Crippen molar-refractivity contribution >= 4 is 37.7 Å². The molecule has 2 N–H and O–H groups in total. The zero-order valence-corrected chi connectivity index (χ0v) is 11.2. The van der Waals surface area contributed by atoms with Gasteiger partial charge >= 0.3 is 0 Å². The van der Waals surface area contributed by atoms with Crippen molar-refractivity contribution in [2.75, 3.05) is 0 Å². The molecule has 2 aromatic rings. The maximum Gasteiger partial charge on any atom is 0.248 e. The first-order valence-electron chi connectivity index (χ1n) is 5.08. The van der Waals surface area contributed by atoms with E-state index in [9.17, 15) is 4.79 Å². The smallest absolute Gasteiger partial charge is 0.248 e. The lowest BCUT2D eigenvalue weighted by molar-refractivity contribution is -0.112. The third-order valence-electron chi connectivity index (χ3n) is 2.74. The molecule has 0 heterocycles. The molecule has 0 fully saturated rings. The van der Waals surface area contributed by atoms with Crippen molar-refractivity contribution in [1.29, 1.82) is 0 Å². The zero-order chi connectivity index (χ0) is 11.7. The van der Waals surface area contributed by atoms with Gasteiger partial charge in [0.1, 0.15) is 0 Å². The molecule has 2 rings (SSSR count). The van der Waals surface area contributed by atoms with Crippen molar-refractivity contribution < 1.29 is 4.79 Å². The van der Waals surface area contributed by atoms with Gasteiger partial charge in [0, 0.05) is 15.8 Å². The van der Waals surface area contributed by atoms with Crippen LogP contribution in [-0.2, 0) is 4.79 Å². The van der Waals surface area contributed by atoms with Gasteiger partial charge in [0.25, 0.3) is 0 Å². The van der Waals surface area contributed by atoms with Gasteiger partial charge in [-0.3, -0.25) is 4.79 Å². The second kappa shape index (κ2) is 3.94. The minimum atomic E-state index is -0.451. The van der Waals surface area contributed by atoms with Crippen molar-refractivity contribution in [3.63, 3.8) is 0 Å². The molecular formula is C13H13NOSi.